The van der Waals surface area contributed by atoms with Crippen molar-refractivity contribution in [2.75, 3.05) is 13.2 Å². The van der Waals surface area contributed by atoms with Gasteiger partial charge in [0.25, 0.3) is 0 Å². The van der Waals surface area contributed by atoms with E-state index in [0.29, 0.717) is 19.3 Å². The van der Waals surface area contributed by atoms with Crippen LogP contribution in [0.1, 0.15) is 297 Å². The molecule has 0 rings (SSSR count). The van der Waals surface area contributed by atoms with Crippen molar-refractivity contribution in [2.24, 2.45) is 0 Å². The van der Waals surface area contributed by atoms with Gasteiger partial charge in [0.15, 0.2) is 6.10 Å². The molecule has 6 heteroatoms. The summed E-state index contributed by atoms with van der Waals surface area (Å²) in [7, 11) is 0. The minimum atomic E-state index is -0.792. The van der Waals surface area contributed by atoms with Crippen molar-refractivity contribution in [1.82, 2.24) is 0 Å². The van der Waals surface area contributed by atoms with Crippen molar-refractivity contribution in [3.63, 3.8) is 0 Å². The normalized spacial score (nSPS) is 12.7. The van der Waals surface area contributed by atoms with Crippen LogP contribution in [0.4, 0.5) is 0 Å². The Labute approximate surface area is 445 Å². The van der Waals surface area contributed by atoms with E-state index >= 15 is 0 Å². The van der Waals surface area contributed by atoms with Crippen LogP contribution in [0.15, 0.2) is 85.1 Å². The number of ether oxygens (including phenoxy) is 3. The summed E-state index contributed by atoms with van der Waals surface area (Å²) in [5.74, 6) is -0.911. The van der Waals surface area contributed by atoms with Gasteiger partial charge >= 0.3 is 17.9 Å². The Morgan fingerprint density at radius 3 is 0.889 bits per heavy atom. The predicted molar refractivity (Wildman–Crippen MR) is 311 cm³/mol. The molecule has 0 aliphatic rings. The van der Waals surface area contributed by atoms with Crippen LogP contribution in [0.5, 0.6) is 0 Å². The summed E-state index contributed by atoms with van der Waals surface area (Å²) in [5, 5.41) is 0. The van der Waals surface area contributed by atoms with Gasteiger partial charge < -0.3 is 14.2 Å². The predicted octanol–water partition coefficient (Wildman–Crippen LogP) is 20.7. The van der Waals surface area contributed by atoms with Crippen LogP contribution >= 0.6 is 0 Å². The van der Waals surface area contributed by atoms with E-state index in [1.165, 1.54) is 154 Å². The summed E-state index contributed by atoms with van der Waals surface area (Å²) in [6.07, 6.45) is 78.6. The highest BCUT2D eigenvalue weighted by atomic mass is 16.6. The molecule has 72 heavy (non-hydrogen) atoms. The molecule has 0 fully saturated rings. The van der Waals surface area contributed by atoms with Crippen molar-refractivity contribution in [3.05, 3.63) is 85.1 Å². The van der Waals surface area contributed by atoms with Crippen LogP contribution in [-0.4, -0.2) is 37.2 Å². The molecular formula is C66H114O6. The first-order valence-electron chi connectivity index (χ1n) is 30.6. The van der Waals surface area contributed by atoms with E-state index in [-0.39, 0.29) is 31.1 Å². The third-order valence-electron chi connectivity index (χ3n) is 13.1. The second kappa shape index (κ2) is 60.1. The lowest BCUT2D eigenvalue weighted by Crippen LogP contribution is -2.30. The number of carbonyl (C=O) groups is 3. The molecule has 0 N–H and O–H groups in total. The van der Waals surface area contributed by atoms with Gasteiger partial charge in [0, 0.05) is 19.3 Å². The smallest absolute Gasteiger partial charge is 0.306 e. The molecule has 0 radical (unpaired) electrons. The summed E-state index contributed by atoms with van der Waals surface area (Å²) in [6.45, 7) is 6.50. The zero-order valence-corrected chi connectivity index (χ0v) is 47.4. The summed E-state index contributed by atoms with van der Waals surface area (Å²) >= 11 is 0. The molecule has 0 bridgehead atoms. The molecule has 0 aliphatic carbocycles. The van der Waals surface area contributed by atoms with E-state index in [0.717, 1.165) is 103 Å². The van der Waals surface area contributed by atoms with Gasteiger partial charge in [0.2, 0.25) is 0 Å². The molecule has 414 valence electrons. The van der Waals surface area contributed by atoms with Crippen LogP contribution in [0.2, 0.25) is 0 Å². The SMILES string of the molecule is CC/C=C\C/C=C\C/C=C\C/C=C\CCCCCCC(=O)OCC(COC(=O)CCCCCCCCCCC/C=C\C/C=C\CCCCC)OC(=O)CCCCCCCCC/C=C\CCCCCCCCC. The number of esters is 3. The van der Waals surface area contributed by atoms with Gasteiger partial charge in [-0.2, -0.15) is 0 Å². The molecule has 0 aromatic rings. The van der Waals surface area contributed by atoms with Crippen molar-refractivity contribution in [3.8, 4) is 0 Å². The highest BCUT2D eigenvalue weighted by molar-refractivity contribution is 5.71. The van der Waals surface area contributed by atoms with E-state index in [9.17, 15) is 14.4 Å². The van der Waals surface area contributed by atoms with Crippen molar-refractivity contribution in [1.29, 1.82) is 0 Å². The first-order chi connectivity index (χ1) is 35.5. The number of hydrogen-bond acceptors (Lipinski definition) is 6. The number of carbonyl (C=O) groups excluding carboxylic acids is 3. The van der Waals surface area contributed by atoms with Crippen LogP contribution < -0.4 is 0 Å². The Morgan fingerprint density at radius 2 is 0.542 bits per heavy atom. The molecule has 0 aliphatic heterocycles. The van der Waals surface area contributed by atoms with Gasteiger partial charge in [0.1, 0.15) is 13.2 Å². The van der Waals surface area contributed by atoms with E-state index in [4.69, 9.17) is 14.2 Å². The standard InChI is InChI=1S/C66H114O6/c1-4-7-10-13-16-19-22-25-28-31-33-36-38-41-44-47-50-53-56-59-65(68)71-62-63(61-70-64(67)58-55-52-49-46-43-40-37-34-30-27-24-21-18-15-12-9-6-3)72-66(69)60-57-54-51-48-45-42-39-35-32-29-26-23-20-17-14-11-8-5-2/h9,12,16,18-19,21,25,27-30,32,37,40,63H,4-8,10-11,13-15,17,20,22-24,26,31,33-36,38-39,41-62H2,1-3H3/b12-9-,19-16-,21-18-,28-25-,30-27-,32-29-,40-37-. The summed E-state index contributed by atoms with van der Waals surface area (Å²) < 4.78 is 16.9. The molecule has 1 atom stereocenters. The van der Waals surface area contributed by atoms with Gasteiger partial charge in [-0.05, 0) is 116 Å². The molecule has 0 amide bonds. The maximum atomic E-state index is 12.9. The molecular weight excluding hydrogens is 889 g/mol. The number of hydrogen-bond donors (Lipinski definition) is 0. The zero-order valence-electron chi connectivity index (χ0n) is 47.4. The Bertz CT molecular complexity index is 1380. The van der Waals surface area contributed by atoms with Crippen LogP contribution in [0.3, 0.4) is 0 Å². The fourth-order valence-corrected chi connectivity index (χ4v) is 8.52. The Balaban J connectivity index is 4.42. The first-order valence-corrected chi connectivity index (χ1v) is 30.6. The topological polar surface area (TPSA) is 78.9 Å². The quantitative estimate of drug-likeness (QED) is 0.0261. The first kappa shape index (κ1) is 68.6. The van der Waals surface area contributed by atoms with E-state index < -0.39 is 6.10 Å². The number of allylic oxidation sites excluding steroid dienone is 14. The van der Waals surface area contributed by atoms with Gasteiger partial charge in [-0.15, -0.1) is 0 Å². The average Bonchev–Trinajstić information content (AvgIpc) is 3.38. The Hall–Kier alpha value is -3.41. The lowest BCUT2D eigenvalue weighted by Gasteiger charge is -2.18. The van der Waals surface area contributed by atoms with E-state index in [1.54, 1.807) is 0 Å². The lowest BCUT2D eigenvalue weighted by molar-refractivity contribution is -0.167. The van der Waals surface area contributed by atoms with Crippen molar-refractivity contribution < 1.29 is 28.6 Å². The Kier molecular flexibility index (Phi) is 57.3. The van der Waals surface area contributed by atoms with Crippen LogP contribution in [0.25, 0.3) is 0 Å². The van der Waals surface area contributed by atoms with Gasteiger partial charge in [-0.1, -0.05) is 247 Å². The molecule has 0 aromatic heterocycles. The summed E-state index contributed by atoms with van der Waals surface area (Å²) in [6, 6.07) is 0. The fraction of sp³-hybridized carbons (Fsp3) is 0.742. The van der Waals surface area contributed by atoms with Gasteiger partial charge in [-0.3, -0.25) is 14.4 Å². The number of unbranched alkanes of at least 4 members (excludes halogenated alkanes) is 30. The number of rotatable bonds is 55. The monoisotopic (exact) mass is 1000 g/mol. The van der Waals surface area contributed by atoms with Crippen LogP contribution in [0, 0.1) is 0 Å². The summed E-state index contributed by atoms with van der Waals surface area (Å²) in [4.78, 5) is 38.3. The van der Waals surface area contributed by atoms with Crippen molar-refractivity contribution in [2.45, 2.75) is 303 Å². The second-order valence-corrected chi connectivity index (χ2v) is 20.2. The molecule has 0 saturated heterocycles. The largest absolute Gasteiger partial charge is 0.462 e. The van der Waals surface area contributed by atoms with Gasteiger partial charge in [0.05, 0.1) is 0 Å². The van der Waals surface area contributed by atoms with Crippen LogP contribution in [-0.2, 0) is 28.6 Å². The molecule has 6 nitrogen and oxygen atoms in total. The lowest BCUT2D eigenvalue weighted by atomic mass is 10.1. The van der Waals surface area contributed by atoms with Crippen molar-refractivity contribution >= 4 is 17.9 Å². The van der Waals surface area contributed by atoms with E-state index in [2.05, 4.69) is 106 Å². The molecule has 0 aromatic carbocycles. The minimum absolute atomic E-state index is 0.0879. The van der Waals surface area contributed by atoms with Gasteiger partial charge in [-0.25, -0.2) is 0 Å². The molecule has 0 spiro atoms. The maximum Gasteiger partial charge on any atom is 0.306 e. The van der Waals surface area contributed by atoms with E-state index in [1.807, 2.05) is 0 Å². The zero-order chi connectivity index (χ0) is 52.2. The summed E-state index contributed by atoms with van der Waals surface area (Å²) in [5.41, 5.74) is 0. The molecule has 0 heterocycles. The fourth-order valence-electron chi connectivity index (χ4n) is 8.52. The highest BCUT2D eigenvalue weighted by Crippen LogP contribution is 2.15. The third-order valence-corrected chi connectivity index (χ3v) is 13.1. The highest BCUT2D eigenvalue weighted by Gasteiger charge is 2.19. The molecule has 0 saturated carbocycles. The second-order valence-electron chi connectivity index (χ2n) is 20.2. The maximum absolute atomic E-state index is 12.9. The Morgan fingerprint density at radius 1 is 0.292 bits per heavy atom. The average molecular weight is 1000 g/mol. The molecule has 1 unspecified atom stereocenters. The third kappa shape index (κ3) is 57.5. The minimum Gasteiger partial charge on any atom is -0.462 e.